The van der Waals surface area contributed by atoms with Crippen molar-refractivity contribution in [3.8, 4) is 0 Å². The maximum absolute atomic E-state index is 8.55. The molecule has 0 amide bonds. The van der Waals surface area contributed by atoms with E-state index >= 15 is 0 Å². The van der Waals surface area contributed by atoms with Gasteiger partial charge in [0.2, 0.25) is 0 Å². The van der Waals surface area contributed by atoms with Crippen LogP contribution in [0.2, 0.25) is 0 Å². The van der Waals surface area contributed by atoms with E-state index in [4.69, 9.17) is 38.5 Å². The molecule has 0 heterocycles. The molecular weight excluding hydrogens is 451 g/mol. The maximum Gasteiger partial charge on any atom is 2.00 e. The Hall–Kier alpha value is 2.71. The Bertz CT molecular complexity index is 132. The number of rotatable bonds is 0. The summed E-state index contributed by atoms with van der Waals surface area (Å²) in [5.41, 5.74) is 0. The van der Waals surface area contributed by atoms with Gasteiger partial charge in [-0.05, 0) is 0 Å². The van der Waals surface area contributed by atoms with Crippen molar-refractivity contribution in [2.75, 3.05) is 0 Å². The summed E-state index contributed by atoms with van der Waals surface area (Å²) in [5, 5.41) is 0. The smallest absolute Gasteiger partial charge is 0.822 e. The van der Waals surface area contributed by atoms with Crippen LogP contribution in [-0.2, 0) is 87.0 Å². The minimum Gasteiger partial charge on any atom is -0.822 e. The molecule has 0 rings (SSSR count). The van der Waals surface area contributed by atoms with Gasteiger partial charge in [-0.15, -0.1) is 0 Å². The molecular formula is O8P2Zn4. The Kier molecular flexibility index (Phi) is 40.4. The molecule has 0 unspecified atom stereocenters. The van der Waals surface area contributed by atoms with Crippen molar-refractivity contribution in [3.05, 3.63) is 0 Å². The van der Waals surface area contributed by atoms with Crippen molar-refractivity contribution >= 4 is 15.6 Å². The quantitative estimate of drug-likeness (QED) is 0.259. The van der Waals surface area contributed by atoms with Crippen molar-refractivity contribution in [3.63, 3.8) is 0 Å². The summed E-state index contributed by atoms with van der Waals surface area (Å²) in [4.78, 5) is 51.3. The number of hydrogen-bond donors (Lipinski definition) is 0. The Balaban J connectivity index is -0.0000000178. The molecule has 0 bridgehead atoms. The van der Waals surface area contributed by atoms with Gasteiger partial charge in [0.15, 0.2) is 0 Å². The van der Waals surface area contributed by atoms with Gasteiger partial charge in [0, 0.05) is 19.5 Å². The fourth-order valence-corrected chi connectivity index (χ4v) is 0. The van der Waals surface area contributed by atoms with E-state index in [9.17, 15) is 0 Å². The zero-order chi connectivity index (χ0) is 9.00. The fraction of sp³-hybridized carbons (Fsp3) is 0. The van der Waals surface area contributed by atoms with Gasteiger partial charge in [-0.3, -0.25) is 0 Å². The zero-order valence-corrected chi connectivity index (χ0v) is 20.6. The van der Waals surface area contributed by atoms with Gasteiger partial charge in [0.25, 0.3) is 0 Å². The van der Waals surface area contributed by atoms with Crippen LogP contribution in [0.1, 0.15) is 0 Å². The largest absolute Gasteiger partial charge is 2.00 e. The molecule has 8 nitrogen and oxygen atoms in total. The van der Waals surface area contributed by atoms with E-state index in [1.165, 1.54) is 0 Å². The van der Waals surface area contributed by atoms with Crippen LogP contribution in [0, 0.1) is 0 Å². The standard InChI is InChI=1S/2H3O4P.4Zn/c2*1-5(2,3)4;;;;/h2*(H3,1,2,3,4);;;;/q;;;3*+2/p-6. The second-order valence-electron chi connectivity index (χ2n) is 0.894. The van der Waals surface area contributed by atoms with Crippen LogP contribution in [0.4, 0.5) is 0 Å². The van der Waals surface area contributed by atoms with E-state index in [-0.39, 0.29) is 77.9 Å². The minimum atomic E-state index is -5.39. The van der Waals surface area contributed by atoms with Gasteiger partial charge >= 0.3 is 58.4 Å². The molecule has 0 saturated carbocycles. The molecule has 0 fully saturated rings. The van der Waals surface area contributed by atoms with Crippen LogP contribution in [0.25, 0.3) is 0 Å². The van der Waals surface area contributed by atoms with Gasteiger partial charge in [-0.1, -0.05) is 0 Å². The second-order valence-corrected chi connectivity index (χ2v) is 2.68. The summed E-state index contributed by atoms with van der Waals surface area (Å²) in [7, 11) is -10.8. The first kappa shape index (κ1) is 36.0. The molecule has 0 aliphatic rings. The van der Waals surface area contributed by atoms with Crippen molar-refractivity contribution in [2.24, 2.45) is 0 Å². The van der Waals surface area contributed by atoms with Gasteiger partial charge in [0.1, 0.15) is 0 Å². The van der Waals surface area contributed by atoms with E-state index in [2.05, 4.69) is 0 Å². The minimum absolute atomic E-state index is 0. The molecule has 0 spiro atoms. The first-order valence-corrected chi connectivity index (χ1v) is 4.38. The van der Waals surface area contributed by atoms with E-state index in [1.807, 2.05) is 0 Å². The van der Waals surface area contributed by atoms with E-state index in [1.54, 1.807) is 0 Å². The van der Waals surface area contributed by atoms with Gasteiger partial charge in [0.05, 0.1) is 0 Å². The third-order valence-electron chi connectivity index (χ3n) is 0. The Morgan fingerprint density at radius 3 is 0.571 bits per heavy atom. The van der Waals surface area contributed by atoms with Crippen molar-refractivity contribution in [1.82, 2.24) is 0 Å². The topological polar surface area (TPSA) is 172 Å². The summed E-state index contributed by atoms with van der Waals surface area (Å²) in [6, 6.07) is 0. The van der Waals surface area contributed by atoms with Crippen LogP contribution in [0.15, 0.2) is 0 Å². The first-order chi connectivity index (χ1) is 4.00. The zero-order valence-electron chi connectivity index (χ0n) is 6.99. The monoisotopic (exact) mass is 446 g/mol. The van der Waals surface area contributed by atoms with Gasteiger partial charge < -0.3 is 38.5 Å². The SMILES string of the molecule is O=P([O-])([O-])[O-].O=P([O-])([O-])[O-].[Zn+2].[Zn+2].[Zn+2].[Zn]. The first-order valence-electron chi connectivity index (χ1n) is 1.46. The molecule has 0 N–H and O–H groups in total. The van der Waals surface area contributed by atoms with E-state index < -0.39 is 15.6 Å². The Labute approximate surface area is 131 Å². The van der Waals surface area contributed by atoms with Crippen LogP contribution >= 0.6 is 15.6 Å². The summed E-state index contributed by atoms with van der Waals surface area (Å²) in [6.45, 7) is 0. The molecule has 0 aromatic heterocycles. The fourth-order valence-electron chi connectivity index (χ4n) is 0. The Morgan fingerprint density at radius 2 is 0.571 bits per heavy atom. The molecule has 0 atom stereocenters. The van der Waals surface area contributed by atoms with E-state index in [0.29, 0.717) is 0 Å². The summed E-state index contributed by atoms with van der Waals surface area (Å²) >= 11 is 0. The Morgan fingerprint density at radius 1 is 0.571 bits per heavy atom. The summed E-state index contributed by atoms with van der Waals surface area (Å²) < 4.78 is 17.1. The van der Waals surface area contributed by atoms with Crippen LogP contribution in [-0.4, -0.2) is 0 Å². The third-order valence-corrected chi connectivity index (χ3v) is 0. The predicted molar refractivity (Wildman–Crippen MR) is 15.2 cm³/mol. The summed E-state index contributed by atoms with van der Waals surface area (Å²) in [5.74, 6) is 0. The molecule has 14 heteroatoms. The molecule has 0 saturated heterocycles. The van der Waals surface area contributed by atoms with Crippen molar-refractivity contribution in [1.29, 1.82) is 0 Å². The number of phosphoric acid groups is 2. The van der Waals surface area contributed by atoms with Gasteiger partial charge in [-0.2, -0.15) is 15.6 Å². The molecule has 14 heavy (non-hydrogen) atoms. The average Bonchev–Trinajstić information content (AvgIpc) is 1.12. The van der Waals surface area contributed by atoms with Gasteiger partial charge in [-0.25, -0.2) is 0 Å². The summed E-state index contributed by atoms with van der Waals surface area (Å²) in [6.07, 6.45) is 0. The van der Waals surface area contributed by atoms with Crippen LogP contribution in [0.5, 0.6) is 0 Å². The normalized spacial score (nSPS) is 8.43. The second kappa shape index (κ2) is 15.7. The molecule has 0 aliphatic carbocycles. The van der Waals surface area contributed by atoms with Crippen LogP contribution in [0.3, 0.4) is 0 Å². The number of hydrogen-bond acceptors (Lipinski definition) is 8. The van der Waals surface area contributed by atoms with E-state index in [0.717, 1.165) is 0 Å². The molecule has 0 aliphatic heterocycles. The predicted octanol–water partition coefficient (Wildman–Crippen LogP) is -5.66. The van der Waals surface area contributed by atoms with Crippen molar-refractivity contribution in [2.45, 2.75) is 0 Å². The maximum atomic E-state index is 8.55. The average molecular weight is 451 g/mol. The molecule has 66 valence electrons. The van der Waals surface area contributed by atoms with Crippen LogP contribution < -0.4 is 29.4 Å². The van der Waals surface area contributed by atoms with Crippen molar-refractivity contribution < 1.29 is 116 Å². The molecule has 0 aromatic rings. The third kappa shape index (κ3) is 376. The molecule has 0 radical (unpaired) electrons. The molecule has 0 aromatic carbocycles.